The van der Waals surface area contributed by atoms with Crippen LogP contribution in [0.3, 0.4) is 0 Å². The predicted molar refractivity (Wildman–Crippen MR) is 68.1 cm³/mol. The fraction of sp³-hybridized carbons (Fsp3) is 0.500. The second-order valence-corrected chi connectivity index (χ2v) is 4.10. The van der Waals surface area contributed by atoms with Gasteiger partial charge in [-0.15, -0.1) is 0 Å². The molecule has 0 fully saturated rings. The van der Waals surface area contributed by atoms with Gasteiger partial charge in [0, 0.05) is 12.1 Å². The second-order valence-electron chi connectivity index (χ2n) is 4.10. The molecule has 8 heteroatoms. The third kappa shape index (κ3) is 3.82. The largest absolute Gasteiger partial charge is 0.393 e. The first-order valence-electron chi connectivity index (χ1n) is 5.50. The van der Waals surface area contributed by atoms with Gasteiger partial charge in [-0.25, -0.2) is 10.8 Å². The maximum absolute atomic E-state index is 10.8. The van der Waals surface area contributed by atoms with Crippen LogP contribution in [0.4, 0.5) is 17.3 Å². The zero-order valence-corrected chi connectivity index (χ0v) is 10.3. The highest BCUT2D eigenvalue weighted by Crippen LogP contribution is 2.24. The van der Waals surface area contributed by atoms with Gasteiger partial charge in [0.05, 0.1) is 11.0 Å². The van der Waals surface area contributed by atoms with Gasteiger partial charge in [0.25, 0.3) is 0 Å². The Labute approximate surface area is 104 Å². The van der Waals surface area contributed by atoms with Crippen molar-refractivity contribution in [3.8, 4) is 0 Å². The van der Waals surface area contributed by atoms with Gasteiger partial charge >= 0.3 is 5.69 Å². The lowest BCUT2D eigenvalue weighted by Crippen LogP contribution is -2.22. The predicted octanol–water partition coefficient (Wildman–Crippen LogP) is 0.847. The molecule has 0 saturated carbocycles. The molecule has 1 aromatic heterocycles. The van der Waals surface area contributed by atoms with Gasteiger partial charge in [-0.3, -0.25) is 10.1 Å². The Bertz CT molecular complexity index is 424. The van der Waals surface area contributed by atoms with Crippen LogP contribution in [-0.2, 0) is 0 Å². The first-order valence-corrected chi connectivity index (χ1v) is 5.50. The van der Waals surface area contributed by atoms with Crippen molar-refractivity contribution in [3.63, 3.8) is 0 Å². The summed E-state index contributed by atoms with van der Waals surface area (Å²) in [5.41, 5.74) is 2.19. The van der Waals surface area contributed by atoms with Gasteiger partial charge in [-0.2, -0.15) is 0 Å². The summed E-state index contributed by atoms with van der Waals surface area (Å²) in [5, 5.41) is 23.0. The molecule has 0 spiro atoms. The summed E-state index contributed by atoms with van der Waals surface area (Å²) in [6.45, 7) is 3.46. The number of rotatable bonds is 6. The lowest BCUT2D eigenvalue weighted by Gasteiger charge is -2.16. The Morgan fingerprint density at radius 3 is 2.72 bits per heavy atom. The number of aliphatic hydroxyl groups excluding tert-OH is 1. The fourth-order valence-corrected chi connectivity index (χ4v) is 1.59. The average Bonchev–Trinajstić information content (AvgIpc) is 2.27. The van der Waals surface area contributed by atoms with E-state index >= 15 is 0 Å². The van der Waals surface area contributed by atoms with E-state index in [-0.39, 0.29) is 17.5 Å². The maximum Gasteiger partial charge on any atom is 0.311 e. The highest BCUT2D eigenvalue weighted by Gasteiger charge is 2.18. The molecule has 8 nitrogen and oxygen atoms in total. The molecule has 0 aromatic carbocycles. The molecule has 18 heavy (non-hydrogen) atoms. The van der Waals surface area contributed by atoms with Crippen molar-refractivity contribution >= 4 is 17.3 Å². The minimum Gasteiger partial charge on any atom is -0.393 e. The number of anilines is 2. The van der Waals surface area contributed by atoms with Crippen molar-refractivity contribution in [2.45, 2.75) is 32.4 Å². The summed E-state index contributed by atoms with van der Waals surface area (Å²) >= 11 is 0. The highest BCUT2D eigenvalue weighted by molar-refractivity contribution is 5.60. The van der Waals surface area contributed by atoms with E-state index in [2.05, 4.69) is 15.7 Å². The van der Waals surface area contributed by atoms with Crippen LogP contribution in [-0.4, -0.2) is 27.2 Å². The minimum atomic E-state index is -0.523. The fourth-order valence-electron chi connectivity index (χ4n) is 1.59. The number of pyridine rings is 1. The quantitative estimate of drug-likeness (QED) is 0.337. The van der Waals surface area contributed by atoms with Crippen LogP contribution in [0.5, 0.6) is 0 Å². The Morgan fingerprint density at radius 2 is 2.22 bits per heavy atom. The molecule has 0 aliphatic carbocycles. The summed E-state index contributed by atoms with van der Waals surface area (Å²) in [4.78, 5) is 14.3. The van der Waals surface area contributed by atoms with E-state index in [1.807, 2.05) is 0 Å². The number of hydrogen-bond acceptors (Lipinski definition) is 7. The van der Waals surface area contributed by atoms with Crippen molar-refractivity contribution < 1.29 is 10.0 Å². The number of nitro groups is 1. The van der Waals surface area contributed by atoms with E-state index < -0.39 is 11.0 Å². The Hall–Kier alpha value is -1.93. The van der Waals surface area contributed by atoms with Gasteiger partial charge in [0.15, 0.2) is 0 Å². The molecule has 1 rings (SSSR count). The second kappa shape index (κ2) is 6.12. The summed E-state index contributed by atoms with van der Waals surface area (Å²) in [6, 6.07) is 2.59. The zero-order chi connectivity index (χ0) is 13.7. The molecule has 0 radical (unpaired) electrons. The first-order chi connectivity index (χ1) is 8.43. The van der Waals surface area contributed by atoms with Crippen molar-refractivity contribution in [2.75, 3.05) is 10.7 Å². The van der Waals surface area contributed by atoms with Crippen LogP contribution in [0.15, 0.2) is 12.1 Å². The monoisotopic (exact) mass is 255 g/mol. The number of nitrogens with two attached hydrogens (primary N) is 1. The van der Waals surface area contributed by atoms with Crippen molar-refractivity contribution in [1.82, 2.24) is 4.98 Å². The lowest BCUT2D eigenvalue weighted by atomic mass is 10.1. The van der Waals surface area contributed by atoms with Crippen LogP contribution in [0.2, 0.25) is 0 Å². The normalized spacial score (nSPS) is 13.8. The zero-order valence-electron chi connectivity index (χ0n) is 10.3. The van der Waals surface area contributed by atoms with E-state index in [0.717, 1.165) is 0 Å². The molecule has 100 valence electrons. The highest BCUT2D eigenvalue weighted by atomic mass is 16.6. The molecule has 0 aliphatic rings. The SMILES string of the molecule is CC(O)CC(C)Nc1nc(NN)ccc1[N+](=O)[O-]. The third-order valence-electron chi connectivity index (χ3n) is 2.30. The van der Waals surface area contributed by atoms with Crippen LogP contribution < -0.4 is 16.6 Å². The van der Waals surface area contributed by atoms with E-state index in [1.165, 1.54) is 12.1 Å². The number of nitrogen functional groups attached to an aromatic ring is 1. The number of hydrazine groups is 1. The average molecular weight is 255 g/mol. The number of nitrogens with one attached hydrogen (secondary N) is 2. The smallest absolute Gasteiger partial charge is 0.311 e. The first kappa shape index (κ1) is 14.1. The summed E-state index contributed by atoms with van der Waals surface area (Å²) in [6.07, 6.45) is -0.0403. The van der Waals surface area contributed by atoms with Crippen molar-refractivity contribution in [2.24, 2.45) is 5.84 Å². The molecular weight excluding hydrogens is 238 g/mol. The number of aliphatic hydroxyl groups is 1. The Morgan fingerprint density at radius 1 is 1.56 bits per heavy atom. The van der Waals surface area contributed by atoms with Crippen molar-refractivity contribution in [3.05, 3.63) is 22.2 Å². The standard InChI is InChI=1S/C10H17N5O3/c1-6(5-7(2)16)12-10-8(15(17)18)3-4-9(13-10)14-11/h3-4,6-7,16H,5,11H2,1-2H3,(H2,12,13,14). The molecule has 5 N–H and O–H groups in total. The summed E-state index contributed by atoms with van der Waals surface area (Å²) < 4.78 is 0. The van der Waals surface area contributed by atoms with Gasteiger partial charge in [0.2, 0.25) is 5.82 Å². The van der Waals surface area contributed by atoms with Gasteiger partial charge in [0.1, 0.15) is 5.82 Å². The summed E-state index contributed by atoms with van der Waals surface area (Å²) in [7, 11) is 0. The van der Waals surface area contributed by atoms with E-state index in [9.17, 15) is 15.2 Å². The molecule has 0 bridgehead atoms. The van der Waals surface area contributed by atoms with E-state index in [0.29, 0.717) is 12.2 Å². The van der Waals surface area contributed by atoms with Crippen molar-refractivity contribution in [1.29, 1.82) is 0 Å². The number of nitrogens with zero attached hydrogens (tertiary/aromatic N) is 2. The van der Waals surface area contributed by atoms with E-state index in [4.69, 9.17) is 5.84 Å². The Balaban J connectivity index is 2.93. The van der Waals surface area contributed by atoms with Crippen LogP contribution in [0.25, 0.3) is 0 Å². The number of hydrogen-bond donors (Lipinski definition) is 4. The van der Waals surface area contributed by atoms with Gasteiger partial charge < -0.3 is 15.8 Å². The summed E-state index contributed by atoms with van der Waals surface area (Å²) in [5.74, 6) is 5.66. The molecular formula is C10H17N5O3. The van der Waals surface area contributed by atoms with Gasteiger partial charge in [-0.05, 0) is 26.3 Å². The van der Waals surface area contributed by atoms with Crippen LogP contribution in [0.1, 0.15) is 20.3 Å². The molecule has 2 atom stereocenters. The number of aromatic nitrogens is 1. The van der Waals surface area contributed by atoms with Gasteiger partial charge in [-0.1, -0.05) is 0 Å². The molecule has 0 aliphatic heterocycles. The Kier molecular flexibility index (Phi) is 4.81. The molecule has 2 unspecified atom stereocenters. The molecule has 0 amide bonds. The topological polar surface area (TPSA) is 126 Å². The van der Waals surface area contributed by atoms with E-state index in [1.54, 1.807) is 13.8 Å². The molecule has 1 aromatic rings. The molecule has 1 heterocycles. The van der Waals surface area contributed by atoms with Crippen LogP contribution >= 0.6 is 0 Å². The lowest BCUT2D eigenvalue weighted by molar-refractivity contribution is -0.384. The minimum absolute atomic E-state index is 0.128. The third-order valence-corrected chi connectivity index (χ3v) is 2.30. The maximum atomic E-state index is 10.8. The molecule has 0 saturated heterocycles. The van der Waals surface area contributed by atoms with Crippen LogP contribution in [0, 0.1) is 10.1 Å².